The molecule has 1 aliphatic heterocycles. The maximum Gasteiger partial charge on any atom is 0.317 e. The van der Waals surface area contributed by atoms with Gasteiger partial charge in [0.15, 0.2) is 0 Å². The number of hydrogen-bond donors (Lipinski definition) is 1. The molecule has 0 radical (unpaired) electrons. The van der Waals surface area contributed by atoms with Gasteiger partial charge in [-0.25, -0.2) is 4.79 Å². The molecule has 1 aliphatic rings. The van der Waals surface area contributed by atoms with Crippen molar-refractivity contribution in [1.29, 1.82) is 0 Å². The standard InChI is InChI=1S/C20H33N3O3/c1-15-11-23(12-16(2)26-15)20(3,4)14-21-19(24)22(5)13-17-7-9-18(25-6)10-8-17/h7-10,15-16H,11-14H2,1-6H3,(H,21,24). The summed E-state index contributed by atoms with van der Waals surface area (Å²) in [5, 5.41) is 3.07. The number of amides is 2. The minimum absolute atomic E-state index is 0.0664. The topological polar surface area (TPSA) is 54.0 Å². The van der Waals surface area contributed by atoms with Crippen LogP contribution in [0, 0.1) is 0 Å². The van der Waals surface area contributed by atoms with Crippen LogP contribution < -0.4 is 10.1 Å². The molecule has 1 heterocycles. The van der Waals surface area contributed by atoms with Crippen molar-refractivity contribution in [3.05, 3.63) is 29.8 Å². The van der Waals surface area contributed by atoms with Crippen LogP contribution in [0.1, 0.15) is 33.3 Å². The van der Waals surface area contributed by atoms with Gasteiger partial charge in [-0.05, 0) is 45.4 Å². The molecule has 2 atom stereocenters. The molecule has 0 saturated carbocycles. The Morgan fingerprint density at radius 2 is 1.85 bits per heavy atom. The molecule has 1 fully saturated rings. The minimum atomic E-state index is -0.122. The number of nitrogens with one attached hydrogen (secondary N) is 1. The molecule has 1 N–H and O–H groups in total. The summed E-state index contributed by atoms with van der Waals surface area (Å²) in [7, 11) is 3.46. The third-order valence-corrected chi connectivity index (χ3v) is 4.87. The van der Waals surface area contributed by atoms with Gasteiger partial charge in [-0.1, -0.05) is 12.1 Å². The maximum absolute atomic E-state index is 12.5. The van der Waals surface area contributed by atoms with E-state index >= 15 is 0 Å². The number of carbonyl (C=O) groups excluding carboxylic acids is 1. The molecule has 0 aliphatic carbocycles. The van der Waals surface area contributed by atoms with Crippen LogP contribution in [0.4, 0.5) is 4.79 Å². The Balaban J connectivity index is 1.85. The van der Waals surface area contributed by atoms with Crippen LogP contribution in [0.25, 0.3) is 0 Å². The number of methoxy groups -OCH3 is 1. The van der Waals surface area contributed by atoms with E-state index in [2.05, 4.69) is 37.9 Å². The Kier molecular flexibility index (Phi) is 6.89. The predicted octanol–water partition coefficient (Wildman–Crippen LogP) is 2.72. The first-order valence-corrected chi connectivity index (χ1v) is 9.23. The fourth-order valence-electron chi connectivity index (χ4n) is 3.29. The molecule has 6 nitrogen and oxygen atoms in total. The van der Waals surface area contributed by atoms with Gasteiger partial charge in [0.05, 0.1) is 19.3 Å². The van der Waals surface area contributed by atoms with E-state index in [1.165, 1.54) is 0 Å². The van der Waals surface area contributed by atoms with Crippen molar-refractivity contribution in [3.8, 4) is 5.75 Å². The van der Waals surface area contributed by atoms with E-state index in [1.807, 2.05) is 31.3 Å². The minimum Gasteiger partial charge on any atom is -0.497 e. The fourth-order valence-corrected chi connectivity index (χ4v) is 3.29. The zero-order valence-corrected chi connectivity index (χ0v) is 16.9. The van der Waals surface area contributed by atoms with Gasteiger partial charge in [0.2, 0.25) is 0 Å². The van der Waals surface area contributed by atoms with Gasteiger partial charge in [0.25, 0.3) is 0 Å². The number of morpholine rings is 1. The molecule has 1 aromatic rings. The molecule has 0 spiro atoms. The van der Waals surface area contributed by atoms with E-state index in [1.54, 1.807) is 12.0 Å². The smallest absolute Gasteiger partial charge is 0.317 e. The number of ether oxygens (including phenoxy) is 2. The summed E-state index contributed by atoms with van der Waals surface area (Å²) in [6.45, 7) is 11.5. The fraction of sp³-hybridized carbons (Fsp3) is 0.650. The second kappa shape index (κ2) is 8.73. The molecule has 1 saturated heterocycles. The SMILES string of the molecule is COc1ccc(CN(C)C(=O)NCC(C)(C)N2CC(C)OC(C)C2)cc1. The first-order chi connectivity index (χ1) is 12.2. The van der Waals surface area contributed by atoms with E-state index in [0.29, 0.717) is 13.1 Å². The lowest BCUT2D eigenvalue weighted by Crippen LogP contribution is -2.59. The van der Waals surface area contributed by atoms with Crippen LogP contribution in [0.3, 0.4) is 0 Å². The molecule has 146 valence electrons. The van der Waals surface area contributed by atoms with E-state index in [9.17, 15) is 4.79 Å². The molecule has 1 aromatic carbocycles. The number of urea groups is 1. The van der Waals surface area contributed by atoms with Crippen molar-refractivity contribution in [1.82, 2.24) is 15.1 Å². The molecule has 2 rings (SSSR count). The highest BCUT2D eigenvalue weighted by Crippen LogP contribution is 2.20. The lowest BCUT2D eigenvalue weighted by Gasteiger charge is -2.45. The third kappa shape index (κ3) is 5.61. The van der Waals surface area contributed by atoms with Gasteiger partial charge in [-0.2, -0.15) is 0 Å². The zero-order chi connectivity index (χ0) is 19.3. The quantitative estimate of drug-likeness (QED) is 0.844. The van der Waals surface area contributed by atoms with Crippen LogP contribution >= 0.6 is 0 Å². The summed E-state index contributed by atoms with van der Waals surface area (Å²) < 4.78 is 11.0. The van der Waals surface area contributed by atoms with Crippen molar-refractivity contribution >= 4 is 6.03 Å². The summed E-state index contributed by atoms with van der Waals surface area (Å²) >= 11 is 0. The first-order valence-electron chi connectivity index (χ1n) is 9.23. The Bertz CT molecular complexity index is 578. The molecule has 0 aromatic heterocycles. The molecule has 6 heteroatoms. The summed E-state index contributed by atoms with van der Waals surface area (Å²) in [6.07, 6.45) is 0.429. The van der Waals surface area contributed by atoms with Crippen molar-refractivity contribution in [3.63, 3.8) is 0 Å². The lowest BCUT2D eigenvalue weighted by atomic mass is 10.00. The molecular weight excluding hydrogens is 330 g/mol. The number of benzene rings is 1. The van der Waals surface area contributed by atoms with E-state index < -0.39 is 0 Å². The molecule has 26 heavy (non-hydrogen) atoms. The highest BCUT2D eigenvalue weighted by atomic mass is 16.5. The first kappa shape index (κ1) is 20.5. The maximum atomic E-state index is 12.5. The summed E-state index contributed by atoms with van der Waals surface area (Å²) in [5.74, 6) is 0.816. The average Bonchev–Trinajstić information content (AvgIpc) is 2.59. The zero-order valence-electron chi connectivity index (χ0n) is 16.9. The average molecular weight is 364 g/mol. The second-order valence-corrected chi connectivity index (χ2v) is 7.84. The highest BCUT2D eigenvalue weighted by Gasteiger charge is 2.33. The summed E-state index contributed by atoms with van der Waals surface area (Å²) in [6, 6.07) is 7.70. The summed E-state index contributed by atoms with van der Waals surface area (Å²) in [5.41, 5.74) is 0.946. The Labute approximate surface area is 157 Å². The third-order valence-electron chi connectivity index (χ3n) is 4.87. The van der Waals surface area contributed by atoms with Crippen molar-refractivity contribution < 1.29 is 14.3 Å². The normalized spacial score (nSPS) is 21.3. The molecule has 2 unspecified atom stereocenters. The van der Waals surface area contributed by atoms with Gasteiger partial charge in [-0.15, -0.1) is 0 Å². The number of hydrogen-bond acceptors (Lipinski definition) is 4. The molecule has 2 amide bonds. The predicted molar refractivity (Wildman–Crippen MR) is 104 cm³/mol. The van der Waals surface area contributed by atoms with Crippen molar-refractivity contribution in [2.75, 3.05) is 33.8 Å². The summed E-state index contributed by atoms with van der Waals surface area (Å²) in [4.78, 5) is 16.6. The van der Waals surface area contributed by atoms with Crippen LogP contribution in [0.15, 0.2) is 24.3 Å². The number of carbonyl (C=O) groups is 1. The van der Waals surface area contributed by atoms with Crippen LogP contribution in [-0.2, 0) is 11.3 Å². The highest BCUT2D eigenvalue weighted by molar-refractivity contribution is 5.73. The van der Waals surface area contributed by atoms with Gasteiger partial charge >= 0.3 is 6.03 Å². The van der Waals surface area contributed by atoms with Crippen LogP contribution in [-0.4, -0.2) is 67.4 Å². The monoisotopic (exact) mass is 363 g/mol. The Morgan fingerprint density at radius 3 is 2.38 bits per heavy atom. The van der Waals surface area contributed by atoms with E-state index in [0.717, 1.165) is 24.4 Å². The Hall–Kier alpha value is -1.79. The van der Waals surface area contributed by atoms with Gasteiger partial charge in [0, 0.05) is 38.8 Å². The second-order valence-electron chi connectivity index (χ2n) is 7.84. The van der Waals surface area contributed by atoms with Gasteiger partial charge in [-0.3, -0.25) is 4.90 Å². The largest absolute Gasteiger partial charge is 0.497 e. The van der Waals surface area contributed by atoms with Crippen LogP contribution in [0.2, 0.25) is 0 Å². The van der Waals surface area contributed by atoms with Gasteiger partial charge in [0.1, 0.15) is 5.75 Å². The van der Waals surface area contributed by atoms with E-state index in [4.69, 9.17) is 9.47 Å². The Morgan fingerprint density at radius 1 is 1.27 bits per heavy atom. The lowest BCUT2D eigenvalue weighted by molar-refractivity contribution is -0.0948. The van der Waals surface area contributed by atoms with E-state index in [-0.39, 0.29) is 23.8 Å². The molecular formula is C20H33N3O3. The van der Waals surface area contributed by atoms with Gasteiger partial charge < -0.3 is 19.7 Å². The van der Waals surface area contributed by atoms with Crippen LogP contribution in [0.5, 0.6) is 5.75 Å². The number of nitrogens with zero attached hydrogens (tertiary/aromatic N) is 2. The number of rotatable bonds is 6. The molecule has 0 bridgehead atoms. The van der Waals surface area contributed by atoms with Crippen molar-refractivity contribution in [2.45, 2.75) is 52.0 Å². The van der Waals surface area contributed by atoms with Crippen molar-refractivity contribution in [2.24, 2.45) is 0 Å².